The summed E-state index contributed by atoms with van der Waals surface area (Å²) >= 11 is 0. The number of aryl methyl sites for hydroxylation is 1. The highest BCUT2D eigenvalue weighted by Crippen LogP contribution is 2.18. The first kappa shape index (κ1) is 20.7. The third-order valence-corrected chi connectivity index (χ3v) is 4.19. The normalized spacial score (nSPS) is 13.9. The second-order valence-electron chi connectivity index (χ2n) is 6.11. The number of amides is 1. The minimum absolute atomic E-state index is 0.0841. The first-order valence-electron chi connectivity index (χ1n) is 8.54. The molecule has 3 heterocycles. The van der Waals surface area contributed by atoms with Crippen LogP contribution < -0.4 is 21.9 Å². The maximum Gasteiger partial charge on any atom is 0.290 e. The van der Waals surface area contributed by atoms with Gasteiger partial charge in [0.15, 0.2) is 0 Å². The number of anilines is 3. The topological polar surface area (TPSA) is 161 Å². The van der Waals surface area contributed by atoms with Crippen molar-refractivity contribution in [1.29, 1.82) is 0 Å². The van der Waals surface area contributed by atoms with Crippen molar-refractivity contribution in [2.75, 3.05) is 42.5 Å². The van der Waals surface area contributed by atoms with Crippen molar-refractivity contribution >= 4 is 30.0 Å². The lowest BCUT2D eigenvalue weighted by Crippen LogP contribution is -2.36. The van der Waals surface area contributed by atoms with Crippen LogP contribution in [-0.4, -0.2) is 63.1 Å². The molecule has 2 aromatic rings. The van der Waals surface area contributed by atoms with Gasteiger partial charge in [0.05, 0.1) is 5.56 Å². The highest BCUT2D eigenvalue weighted by atomic mass is 16.3. The third kappa shape index (κ3) is 5.19. The van der Waals surface area contributed by atoms with Gasteiger partial charge in [-0.15, -0.1) is 0 Å². The smallest absolute Gasteiger partial charge is 0.290 e. The van der Waals surface area contributed by atoms with E-state index < -0.39 is 0 Å². The van der Waals surface area contributed by atoms with Crippen molar-refractivity contribution in [2.45, 2.75) is 6.42 Å². The largest absolute Gasteiger partial charge is 0.483 e. The Bertz CT molecular complexity index is 879. The molecule has 0 saturated carbocycles. The number of rotatable bonds is 2. The molecular weight excluding hydrogens is 366 g/mol. The summed E-state index contributed by atoms with van der Waals surface area (Å²) in [6.45, 7) is 2.29. The Morgan fingerprint density at radius 3 is 2.54 bits per heavy atom. The van der Waals surface area contributed by atoms with Gasteiger partial charge in [-0.05, 0) is 12.5 Å². The minimum atomic E-state index is -0.250. The number of hydrogen-bond acceptors (Lipinski definition) is 8. The van der Waals surface area contributed by atoms with Crippen LogP contribution in [0.3, 0.4) is 0 Å². The molecule has 2 aromatic heterocycles. The second-order valence-corrected chi connectivity index (χ2v) is 6.11. The predicted octanol–water partition coefficient (Wildman–Crippen LogP) is -0.607. The Balaban J connectivity index is 0.000000878. The molecule has 28 heavy (non-hydrogen) atoms. The molecule has 0 atom stereocenters. The fourth-order valence-corrected chi connectivity index (χ4v) is 2.89. The SMILES string of the molecule is Cn1cc(C(=O)N2CCCN(c3cc(N)nc(N)n3)CC2)ccc1=O.O=CO. The number of carbonyl (C=O) groups excluding carboxylic acids is 1. The average molecular weight is 389 g/mol. The molecule has 1 aliphatic rings. The fourth-order valence-electron chi connectivity index (χ4n) is 2.89. The zero-order chi connectivity index (χ0) is 20.7. The van der Waals surface area contributed by atoms with Gasteiger partial charge >= 0.3 is 0 Å². The van der Waals surface area contributed by atoms with Crippen molar-refractivity contribution in [2.24, 2.45) is 7.05 Å². The molecular formula is C17H23N7O4. The molecule has 1 fully saturated rings. The van der Waals surface area contributed by atoms with Crippen LogP contribution in [0.1, 0.15) is 16.8 Å². The van der Waals surface area contributed by atoms with E-state index in [2.05, 4.69) is 9.97 Å². The minimum Gasteiger partial charge on any atom is -0.483 e. The Hall–Kier alpha value is -3.63. The lowest BCUT2D eigenvalue weighted by molar-refractivity contribution is -0.122. The zero-order valence-corrected chi connectivity index (χ0v) is 15.5. The molecule has 11 nitrogen and oxygen atoms in total. The third-order valence-electron chi connectivity index (χ3n) is 4.19. The molecule has 150 valence electrons. The van der Waals surface area contributed by atoms with Crippen LogP contribution >= 0.6 is 0 Å². The van der Waals surface area contributed by atoms with Crippen LogP contribution in [0.2, 0.25) is 0 Å². The van der Waals surface area contributed by atoms with E-state index in [-0.39, 0.29) is 23.9 Å². The number of carboxylic acid groups (broad SMARTS) is 1. The van der Waals surface area contributed by atoms with E-state index in [0.717, 1.165) is 13.0 Å². The van der Waals surface area contributed by atoms with Gasteiger partial charge in [-0.2, -0.15) is 9.97 Å². The maximum absolute atomic E-state index is 12.7. The first-order chi connectivity index (χ1) is 13.3. The van der Waals surface area contributed by atoms with Crippen LogP contribution in [0.15, 0.2) is 29.2 Å². The van der Waals surface area contributed by atoms with E-state index >= 15 is 0 Å². The lowest BCUT2D eigenvalue weighted by atomic mass is 10.2. The van der Waals surface area contributed by atoms with E-state index in [1.54, 1.807) is 30.3 Å². The van der Waals surface area contributed by atoms with Gasteiger partial charge in [0.1, 0.15) is 11.6 Å². The van der Waals surface area contributed by atoms with E-state index in [9.17, 15) is 9.59 Å². The zero-order valence-electron chi connectivity index (χ0n) is 15.5. The van der Waals surface area contributed by atoms with Gasteiger partial charge in [-0.1, -0.05) is 0 Å². The molecule has 1 amide bonds. The molecule has 3 rings (SSSR count). The van der Waals surface area contributed by atoms with Crippen LogP contribution in [0.5, 0.6) is 0 Å². The summed E-state index contributed by atoms with van der Waals surface area (Å²) in [6, 6.07) is 4.66. The Morgan fingerprint density at radius 2 is 1.89 bits per heavy atom. The molecule has 0 aromatic carbocycles. The summed E-state index contributed by atoms with van der Waals surface area (Å²) in [5.74, 6) is 1.04. The quantitative estimate of drug-likeness (QED) is 0.569. The number of nitrogens with two attached hydrogens (primary N) is 2. The van der Waals surface area contributed by atoms with Gasteiger partial charge in [0, 0.05) is 51.6 Å². The Morgan fingerprint density at radius 1 is 1.18 bits per heavy atom. The molecule has 0 spiro atoms. The van der Waals surface area contributed by atoms with Crippen LogP contribution in [0.4, 0.5) is 17.6 Å². The van der Waals surface area contributed by atoms with Gasteiger partial charge in [-0.25, -0.2) is 0 Å². The molecule has 1 aliphatic heterocycles. The monoisotopic (exact) mass is 389 g/mol. The van der Waals surface area contributed by atoms with Crippen molar-refractivity contribution < 1.29 is 14.7 Å². The maximum atomic E-state index is 12.7. The van der Waals surface area contributed by atoms with E-state index in [1.807, 2.05) is 4.90 Å². The number of aromatic nitrogens is 3. The van der Waals surface area contributed by atoms with Crippen LogP contribution in [-0.2, 0) is 11.8 Å². The summed E-state index contributed by atoms with van der Waals surface area (Å²) in [5.41, 5.74) is 11.8. The summed E-state index contributed by atoms with van der Waals surface area (Å²) < 4.78 is 1.41. The highest BCUT2D eigenvalue weighted by Gasteiger charge is 2.21. The van der Waals surface area contributed by atoms with Crippen LogP contribution in [0.25, 0.3) is 0 Å². The van der Waals surface area contributed by atoms with Crippen molar-refractivity contribution in [1.82, 2.24) is 19.4 Å². The van der Waals surface area contributed by atoms with E-state index in [1.165, 1.54) is 10.6 Å². The fraction of sp³-hybridized carbons (Fsp3) is 0.353. The molecule has 1 saturated heterocycles. The van der Waals surface area contributed by atoms with Gasteiger partial charge < -0.3 is 30.9 Å². The van der Waals surface area contributed by atoms with Crippen LogP contribution in [0, 0.1) is 0 Å². The number of hydrogen-bond donors (Lipinski definition) is 3. The molecule has 0 radical (unpaired) electrons. The first-order valence-corrected chi connectivity index (χ1v) is 8.54. The molecule has 11 heteroatoms. The Labute approximate surface area is 161 Å². The molecule has 0 aliphatic carbocycles. The molecule has 5 N–H and O–H groups in total. The second kappa shape index (κ2) is 9.35. The standard InChI is InChI=1S/C16H21N7O2.CH2O2/c1-21-10-11(3-4-14(21)24)15(25)23-6-2-5-22(7-8-23)13-9-12(17)19-16(18)20-13;2-1-3/h3-4,9-10H,2,5-8H2,1H3,(H4,17,18,19,20);1H,(H,2,3). The summed E-state index contributed by atoms with van der Waals surface area (Å²) in [4.78, 5) is 44.5. The van der Waals surface area contributed by atoms with Crippen molar-refractivity contribution in [3.63, 3.8) is 0 Å². The highest BCUT2D eigenvalue weighted by molar-refractivity contribution is 5.94. The summed E-state index contributed by atoms with van der Waals surface area (Å²) in [5, 5.41) is 6.89. The predicted molar refractivity (Wildman–Crippen MR) is 104 cm³/mol. The van der Waals surface area contributed by atoms with Crippen molar-refractivity contribution in [3.8, 4) is 0 Å². The summed E-state index contributed by atoms with van der Waals surface area (Å²) in [6.07, 6.45) is 2.36. The molecule has 0 unspecified atom stereocenters. The lowest BCUT2D eigenvalue weighted by Gasteiger charge is -2.23. The summed E-state index contributed by atoms with van der Waals surface area (Å²) in [7, 11) is 1.63. The van der Waals surface area contributed by atoms with Gasteiger partial charge in [-0.3, -0.25) is 14.4 Å². The van der Waals surface area contributed by atoms with E-state index in [0.29, 0.717) is 36.8 Å². The number of nitrogens with zero attached hydrogens (tertiary/aromatic N) is 5. The van der Waals surface area contributed by atoms with Crippen molar-refractivity contribution in [3.05, 3.63) is 40.3 Å². The number of nitrogen functional groups attached to an aromatic ring is 2. The number of carbonyl (C=O) groups is 2. The average Bonchev–Trinajstić information content (AvgIpc) is 2.89. The Kier molecular flexibility index (Phi) is 6.90. The number of pyridine rings is 1. The van der Waals surface area contributed by atoms with Gasteiger partial charge in [0.2, 0.25) is 11.5 Å². The van der Waals surface area contributed by atoms with Gasteiger partial charge in [0.25, 0.3) is 12.4 Å². The van der Waals surface area contributed by atoms with E-state index in [4.69, 9.17) is 21.4 Å². The molecule has 0 bridgehead atoms.